The van der Waals surface area contributed by atoms with Crippen molar-refractivity contribution in [1.29, 1.82) is 0 Å². The van der Waals surface area contributed by atoms with Gasteiger partial charge in [0.1, 0.15) is 0 Å². The average Bonchev–Trinajstić information content (AvgIpc) is 3.40. The molecule has 3 aliphatic heterocycles. The lowest BCUT2D eigenvalue weighted by Gasteiger charge is -2.29. The average molecular weight is 376 g/mol. The summed E-state index contributed by atoms with van der Waals surface area (Å²) in [6, 6.07) is 0. The zero-order chi connectivity index (χ0) is 17.6. The number of nitrogens with zero attached hydrogens (tertiary/aromatic N) is 2. The number of ether oxygens (including phenoxy) is 1. The van der Waals surface area contributed by atoms with Crippen LogP contribution in [-0.4, -0.2) is 42.2 Å². The normalized spacial score (nSPS) is 36.5. The van der Waals surface area contributed by atoms with Gasteiger partial charge in [-0.1, -0.05) is 19.3 Å². The Balaban J connectivity index is 1.19. The molecule has 1 aliphatic carbocycles. The number of hydrogen-bond acceptors (Lipinski definition) is 5. The highest BCUT2D eigenvalue weighted by molar-refractivity contribution is 7.13. The monoisotopic (exact) mass is 375 g/mol. The number of rotatable bonds is 5. The van der Waals surface area contributed by atoms with Crippen molar-refractivity contribution in [2.75, 3.05) is 24.5 Å². The smallest absolute Gasteiger partial charge is 0.220 e. The van der Waals surface area contributed by atoms with Crippen LogP contribution in [0.25, 0.3) is 0 Å². The molecule has 4 aliphatic rings. The maximum Gasteiger partial charge on any atom is 0.220 e. The minimum absolute atomic E-state index is 0.00903. The van der Waals surface area contributed by atoms with Crippen molar-refractivity contribution in [3.63, 3.8) is 0 Å². The standard InChI is InChI=1S/C20H29N3O2S/c24-18(10-14-4-2-1-3-5-14)22-11-15-16-12-23(19-21-8-9-26-19)13-20(16)7-6-17(15)25-20/h8-9,14-17H,1-7,10-13H2,(H,22,24)/t15-,16+,17+,20+/m0/s1. The molecule has 4 heterocycles. The van der Waals surface area contributed by atoms with Crippen LogP contribution >= 0.6 is 11.3 Å². The topological polar surface area (TPSA) is 54.5 Å². The lowest BCUT2D eigenvalue weighted by Crippen LogP contribution is -2.42. The highest BCUT2D eigenvalue weighted by Crippen LogP contribution is 2.55. The van der Waals surface area contributed by atoms with Gasteiger partial charge in [0.05, 0.1) is 11.7 Å². The van der Waals surface area contributed by atoms with Crippen molar-refractivity contribution in [3.05, 3.63) is 11.6 Å². The zero-order valence-electron chi connectivity index (χ0n) is 15.4. The molecule has 0 unspecified atom stereocenters. The molecule has 0 radical (unpaired) electrons. The van der Waals surface area contributed by atoms with Crippen molar-refractivity contribution in [1.82, 2.24) is 10.3 Å². The molecule has 1 aromatic heterocycles. The summed E-state index contributed by atoms with van der Waals surface area (Å²) in [5, 5.41) is 6.42. The van der Waals surface area contributed by atoms with E-state index in [1.165, 1.54) is 32.1 Å². The molecule has 5 nitrogen and oxygen atoms in total. The third-order valence-corrected chi connectivity index (χ3v) is 8.04. The first-order valence-electron chi connectivity index (χ1n) is 10.3. The highest BCUT2D eigenvalue weighted by atomic mass is 32.1. The Kier molecular flexibility index (Phi) is 4.44. The Morgan fingerprint density at radius 3 is 3.04 bits per heavy atom. The molecule has 4 atom stereocenters. The molecule has 1 aromatic rings. The molecule has 6 heteroatoms. The first kappa shape index (κ1) is 17.0. The predicted octanol–water partition coefficient (Wildman–Crippen LogP) is 3.21. The summed E-state index contributed by atoms with van der Waals surface area (Å²) in [6.07, 6.45) is 11.7. The molecule has 142 valence electrons. The third kappa shape index (κ3) is 2.95. The van der Waals surface area contributed by atoms with Gasteiger partial charge in [-0.25, -0.2) is 4.98 Å². The van der Waals surface area contributed by atoms with Gasteiger partial charge >= 0.3 is 0 Å². The van der Waals surface area contributed by atoms with E-state index in [4.69, 9.17) is 4.74 Å². The van der Waals surface area contributed by atoms with Gasteiger partial charge < -0.3 is 15.0 Å². The lowest BCUT2D eigenvalue weighted by atomic mass is 9.73. The van der Waals surface area contributed by atoms with Crippen LogP contribution < -0.4 is 10.2 Å². The third-order valence-electron chi connectivity index (χ3n) is 7.21. The van der Waals surface area contributed by atoms with Crippen LogP contribution in [0.4, 0.5) is 5.13 Å². The fourth-order valence-electron chi connectivity index (χ4n) is 5.94. The summed E-state index contributed by atoms with van der Waals surface area (Å²) in [4.78, 5) is 19.3. The number of thiazole rings is 1. The van der Waals surface area contributed by atoms with E-state index in [1.807, 2.05) is 11.6 Å². The van der Waals surface area contributed by atoms with Crippen molar-refractivity contribution in [2.45, 2.75) is 63.1 Å². The lowest BCUT2D eigenvalue weighted by molar-refractivity contribution is -0.122. The summed E-state index contributed by atoms with van der Waals surface area (Å²) in [5.41, 5.74) is 0.00903. The number of amides is 1. The molecule has 4 fully saturated rings. The number of hydrogen-bond donors (Lipinski definition) is 1. The first-order valence-corrected chi connectivity index (χ1v) is 11.2. The van der Waals surface area contributed by atoms with Crippen LogP contribution in [0.2, 0.25) is 0 Å². The van der Waals surface area contributed by atoms with Crippen molar-refractivity contribution >= 4 is 22.4 Å². The zero-order valence-corrected chi connectivity index (χ0v) is 16.2. The van der Waals surface area contributed by atoms with Gasteiger partial charge in [-0.3, -0.25) is 4.79 Å². The Labute approximate surface area is 159 Å². The number of carbonyl (C=O) groups is 1. The van der Waals surface area contributed by atoms with Gasteiger partial charge in [0.25, 0.3) is 0 Å². The molecule has 26 heavy (non-hydrogen) atoms. The maximum absolute atomic E-state index is 12.4. The molecular formula is C20H29N3O2S. The largest absolute Gasteiger partial charge is 0.369 e. The number of carbonyl (C=O) groups excluding carboxylic acids is 1. The van der Waals surface area contributed by atoms with Crippen LogP contribution in [-0.2, 0) is 9.53 Å². The minimum Gasteiger partial charge on any atom is -0.369 e. The Morgan fingerprint density at radius 1 is 1.35 bits per heavy atom. The van der Waals surface area contributed by atoms with E-state index in [9.17, 15) is 4.79 Å². The van der Waals surface area contributed by atoms with E-state index in [2.05, 4.69) is 15.2 Å². The Morgan fingerprint density at radius 2 is 2.23 bits per heavy atom. The second-order valence-corrected chi connectivity index (χ2v) is 9.61. The number of aromatic nitrogens is 1. The summed E-state index contributed by atoms with van der Waals surface area (Å²) in [6.45, 7) is 2.77. The van der Waals surface area contributed by atoms with E-state index in [0.717, 1.165) is 44.0 Å². The van der Waals surface area contributed by atoms with E-state index >= 15 is 0 Å². The van der Waals surface area contributed by atoms with Crippen molar-refractivity contribution < 1.29 is 9.53 Å². The predicted molar refractivity (Wildman–Crippen MR) is 102 cm³/mol. The van der Waals surface area contributed by atoms with E-state index in [-0.39, 0.29) is 11.5 Å². The number of nitrogens with one attached hydrogen (secondary N) is 1. The van der Waals surface area contributed by atoms with Crippen LogP contribution in [0, 0.1) is 17.8 Å². The second-order valence-electron chi connectivity index (χ2n) is 8.74. The van der Waals surface area contributed by atoms with Gasteiger partial charge in [0.15, 0.2) is 5.13 Å². The fraction of sp³-hybridized carbons (Fsp3) is 0.800. The highest BCUT2D eigenvalue weighted by Gasteiger charge is 2.63. The van der Waals surface area contributed by atoms with E-state index in [0.29, 0.717) is 23.9 Å². The molecule has 1 amide bonds. The van der Waals surface area contributed by atoms with E-state index in [1.54, 1.807) is 11.3 Å². The molecule has 1 spiro atoms. The molecule has 1 N–H and O–H groups in total. The fourth-order valence-corrected chi connectivity index (χ4v) is 6.59. The Hall–Kier alpha value is -1.14. The second kappa shape index (κ2) is 6.79. The number of fused-ring (bicyclic) bond motifs is 1. The van der Waals surface area contributed by atoms with Gasteiger partial charge in [0.2, 0.25) is 5.91 Å². The summed E-state index contributed by atoms with van der Waals surface area (Å²) in [7, 11) is 0. The van der Waals surface area contributed by atoms with E-state index < -0.39 is 0 Å². The van der Waals surface area contributed by atoms with Crippen molar-refractivity contribution in [3.8, 4) is 0 Å². The quantitative estimate of drug-likeness (QED) is 0.859. The molecule has 0 aromatic carbocycles. The minimum atomic E-state index is 0.00903. The van der Waals surface area contributed by atoms with Crippen LogP contribution in [0.1, 0.15) is 51.4 Å². The number of anilines is 1. The van der Waals surface area contributed by atoms with Gasteiger partial charge in [0, 0.05) is 49.5 Å². The first-order chi connectivity index (χ1) is 12.7. The summed E-state index contributed by atoms with van der Waals surface area (Å²) in [5.74, 6) is 1.85. The van der Waals surface area contributed by atoms with Crippen LogP contribution in [0.5, 0.6) is 0 Å². The molecule has 2 bridgehead atoms. The summed E-state index contributed by atoms with van der Waals surface area (Å²) < 4.78 is 6.49. The van der Waals surface area contributed by atoms with Gasteiger partial charge in [-0.2, -0.15) is 0 Å². The molecule has 1 saturated carbocycles. The van der Waals surface area contributed by atoms with Gasteiger partial charge in [-0.05, 0) is 31.6 Å². The Bertz CT molecular complexity index is 645. The molecule has 5 rings (SSSR count). The van der Waals surface area contributed by atoms with Gasteiger partial charge in [-0.15, -0.1) is 11.3 Å². The van der Waals surface area contributed by atoms with Crippen LogP contribution in [0.15, 0.2) is 11.6 Å². The van der Waals surface area contributed by atoms with Crippen LogP contribution in [0.3, 0.4) is 0 Å². The summed E-state index contributed by atoms with van der Waals surface area (Å²) >= 11 is 1.71. The maximum atomic E-state index is 12.4. The van der Waals surface area contributed by atoms with Crippen molar-refractivity contribution in [2.24, 2.45) is 17.8 Å². The molecular weight excluding hydrogens is 346 g/mol. The SMILES string of the molecule is O=C(CC1CCCCC1)NC[C@H]1[C@H]2CN(c3nccs3)C[C@]23CC[C@H]1O3. The molecule has 3 saturated heterocycles.